The first-order valence-electron chi connectivity index (χ1n) is 8.94. The van der Waals surface area contributed by atoms with E-state index < -0.39 is 5.97 Å². The van der Waals surface area contributed by atoms with Gasteiger partial charge in [0.2, 0.25) is 0 Å². The highest BCUT2D eigenvalue weighted by atomic mass is 16.5. The molecule has 4 heteroatoms. The molecule has 0 atom stereocenters. The van der Waals surface area contributed by atoms with Gasteiger partial charge in [0.25, 0.3) is 0 Å². The molecule has 0 saturated carbocycles. The molecule has 0 aromatic heterocycles. The van der Waals surface area contributed by atoms with Crippen molar-refractivity contribution in [2.75, 3.05) is 7.11 Å². The minimum absolute atomic E-state index is 0.200. The molecule has 4 nitrogen and oxygen atoms in total. The molecule has 0 fully saturated rings. The van der Waals surface area contributed by atoms with Crippen LogP contribution in [0.2, 0.25) is 0 Å². The second kappa shape index (κ2) is 8.91. The van der Waals surface area contributed by atoms with Gasteiger partial charge in [-0.3, -0.25) is 0 Å². The van der Waals surface area contributed by atoms with E-state index in [0.717, 1.165) is 11.1 Å². The number of carbonyl (C=O) groups is 1. The van der Waals surface area contributed by atoms with Crippen LogP contribution in [-0.2, 0) is 11.4 Å². The number of rotatable bonds is 7. The summed E-state index contributed by atoms with van der Waals surface area (Å²) in [6.45, 7) is 2.41. The molecule has 0 aliphatic rings. The van der Waals surface area contributed by atoms with Crippen LogP contribution in [0.25, 0.3) is 11.6 Å². The van der Waals surface area contributed by atoms with E-state index in [2.05, 4.69) is 0 Å². The topological polar surface area (TPSA) is 55.8 Å². The molecule has 0 unspecified atom stereocenters. The largest absolute Gasteiger partial charge is 0.497 e. The van der Waals surface area contributed by atoms with E-state index in [0.29, 0.717) is 29.2 Å². The van der Waals surface area contributed by atoms with E-state index in [9.17, 15) is 9.90 Å². The Bertz CT molecular complexity index is 990. The van der Waals surface area contributed by atoms with E-state index in [1.54, 1.807) is 43.5 Å². The van der Waals surface area contributed by atoms with E-state index in [-0.39, 0.29) is 5.57 Å². The van der Waals surface area contributed by atoms with Gasteiger partial charge >= 0.3 is 5.97 Å². The molecular formula is C24H22O4. The quantitative estimate of drug-likeness (QED) is 0.456. The number of carboxylic acids is 1. The SMILES string of the molecule is COc1ccc(/C=C(\C(=O)O)c2ccccc2)c(OCc2ccccc2C)c1. The maximum absolute atomic E-state index is 11.8. The Morgan fingerprint density at radius 1 is 1.00 bits per heavy atom. The summed E-state index contributed by atoms with van der Waals surface area (Å²) in [5.74, 6) is 0.220. The lowest BCUT2D eigenvalue weighted by molar-refractivity contribution is -0.130. The highest BCUT2D eigenvalue weighted by molar-refractivity contribution is 6.20. The van der Waals surface area contributed by atoms with Crippen molar-refractivity contribution >= 4 is 17.6 Å². The first kappa shape index (κ1) is 19.2. The number of carboxylic acid groups (broad SMARTS) is 1. The number of aliphatic carboxylic acids is 1. The fourth-order valence-electron chi connectivity index (χ4n) is 2.86. The summed E-state index contributed by atoms with van der Waals surface area (Å²) in [4.78, 5) is 11.8. The maximum atomic E-state index is 11.8. The molecule has 3 aromatic rings. The second-order valence-electron chi connectivity index (χ2n) is 6.35. The first-order chi connectivity index (χ1) is 13.6. The van der Waals surface area contributed by atoms with Crippen LogP contribution in [0.15, 0.2) is 72.8 Å². The lowest BCUT2D eigenvalue weighted by atomic mass is 10.0. The number of hydrogen-bond donors (Lipinski definition) is 1. The van der Waals surface area contributed by atoms with Crippen molar-refractivity contribution in [3.8, 4) is 11.5 Å². The Labute approximate surface area is 164 Å². The molecule has 3 rings (SSSR count). The van der Waals surface area contributed by atoms with Gasteiger partial charge in [-0.1, -0.05) is 54.6 Å². The Kier molecular flexibility index (Phi) is 6.12. The van der Waals surface area contributed by atoms with Crippen LogP contribution in [-0.4, -0.2) is 18.2 Å². The van der Waals surface area contributed by atoms with Gasteiger partial charge in [-0.25, -0.2) is 4.79 Å². The van der Waals surface area contributed by atoms with E-state index in [1.807, 2.05) is 49.4 Å². The first-order valence-corrected chi connectivity index (χ1v) is 8.94. The van der Waals surface area contributed by atoms with E-state index in [1.165, 1.54) is 0 Å². The molecule has 28 heavy (non-hydrogen) atoms. The molecule has 142 valence electrons. The highest BCUT2D eigenvalue weighted by Crippen LogP contribution is 2.30. The minimum Gasteiger partial charge on any atom is -0.497 e. The van der Waals surface area contributed by atoms with Crippen LogP contribution in [0.1, 0.15) is 22.3 Å². The van der Waals surface area contributed by atoms with Gasteiger partial charge in [-0.05, 0) is 41.8 Å². The van der Waals surface area contributed by atoms with Gasteiger partial charge in [0.1, 0.15) is 18.1 Å². The number of hydrogen-bond acceptors (Lipinski definition) is 3. The number of aryl methyl sites for hydroxylation is 1. The van der Waals surface area contributed by atoms with E-state index in [4.69, 9.17) is 9.47 Å². The number of benzene rings is 3. The van der Waals surface area contributed by atoms with Crippen molar-refractivity contribution in [1.82, 2.24) is 0 Å². The summed E-state index contributed by atoms with van der Waals surface area (Å²) in [5, 5.41) is 9.69. The average Bonchev–Trinajstić information content (AvgIpc) is 2.72. The van der Waals surface area contributed by atoms with Gasteiger partial charge in [0.15, 0.2) is 0 Å². The maximum Gasteiger partial charge on any atom is 0.336 e. The predicted molar refractivity (Wildman–Crippen MR) is 110 cm³/mol. The third-order valence-corrected chi connectivity index (χ3v) is 4.48. The van der Waals surface area contributed by atoms with Gasteiger partial charge in [0, 0.05) is 11.6 Å². The second-order valence-corrected chi connectivity index (χ2v) is 6.35. The van der Waals surface area contributed by atoms with Crippen LogP contribution >= 0.6 is 0 Å². The van der Waals surface area contributed by atoms with Gasteiger partial charge < -0.3 is 14.6 Å². The Hall–Kier alpha value is -3.53. The summed E-state index contributed by atoms with van der Waals surface area (Å²) in [6, 6.07) is 22.4. The molecule has 0 saturated heterocycles. The molecule has 0 radical (unpaired) electrons. The van der Waals surface area contributed by atoms with Crippen LogP contribution in [0, 0.1) is 6.92 Å². The molecular weight excluding hydrogens is 352 g/mol. The lowest BCUT2D eigenvalue weighted by Crippen LogP contribution is -2.02. The smallest absolute Gasteiger partial charge is 0.336 e. The zero-order chi connectivity index (χ0) is 19.9. The summed E-state index contributed by atoms with van der Waals surface area (Å²) in [6.07, 6.45) is 1.63. The fraction of sp³-hybridized carbons (Fsp3) is 0.125. The van der Waals surface area contributed by atoms with Crippen molar-refractivity contribution in [3.05, 3.63) is 95.1 Å². The van der Waals surface area contributed by atoms with Gasteiger partial charge in [-0.15, -0.1) is 0 Å². The van der Waals surface area contributed by atoms with Crippen LogP contribution < -0.4 is 9.47 Å². The van der Waals surface area contributed by atoms with Crippen molar-refractivity contribution in [2.45, 2.75) is 13.5 Å². The molecule has 0 bridgehead atoms. The van der Waals surface area contributed by atoms with E-state index >= 15 is 0 Å². The Morgan fingerprint density at radius 2 is 1.71 bits per heavy atom. The third kappa shape index (κ3) is 4.60. The zero-order valence-electron chi connectivity index (χ0n) is 15.9. The normalized spacial score (nSPS) is 11.1. The molecule has 3 aromatic carbocycles. The number of ether oxygens (including phenoxy) is 2. The van der Waals surface area contributed by atoms with Gasteiger partial charge in [-0.2, -0.15) is 0 Å². The van der Waals surface area contributed by atoms with Crippen LogP contribution in [0.4, 0.5) is 0 Å². The molecule has 0 amide bonds. The molecule has 0 aliphatic heterocycles. The monoisotopic (exact) mass is 374 g/mol. The van der Waals surface area contributed by atoms with Gasteiger partial charge in [0.05, 0.1) is 12.7 Å². The standard InChI is InChI=1S/C24H22O4/c1-17-8-6-7-11-20(17)16-28-23-15-21(27-2)13-12-19(23)14-22(24(25)26)18-9-4-3-5-10-18/h3-15H,16H2,1-2H3,(H,25,26)/b22-14-. The summed E-state index contributed by atoms with van der Waals surface area (Å²) in [5.41, 5.74) is 3.72. The van der Waals surface area contributed by atoms with Crippen molar-refractivity contribution < 1.29 is 19.4 Å². The summed E-state index contributed by atoms with van der Waals surface area (Å²) >= 11 is 0. The fourth-order valence-corrected chi connectivity index (χ4v) is 2.86. The Balaban J connectivity index is 1.98. The lowest BCUT2D eigenvalue weighted by Gasteiger charge is -2.13. The third-order valence-electron chi connectivity index (χ3n) is 4.48. The average molecular weight is 374 g/mol. The van der Waals surface area contributed by atoms with Crippen LogP contribution in [0.3, 0.4) is 0 Å². The summed E-state index contributed by atoms with van der Waals surface area (Å²) < 4.78 is 11.4. The Morgan fingerprint density at radius 3 is 2.39 bits per heavy atom. The predicted octanol–water partition coefficient (Wildman–Crippen LogP) is 5.21. The zero-order valence-corrected chi connectivity index (χ0v) is 15.9. The molecule has 0 aliphatic carbocycles. The molecule has 0 spiro atoms. The molecule has 1 N–H and O–H groups in total. The van der Waals surface area contributed by atoms with Crippen molar-refractivity contribution in [3.63, 3.8) is 0 Å². The summed E-state index contributed by atoms with van der Waals surface area (Å²) in [7, 11) is 1.59. The van der Waals surface area contributed by atoms with Crippen molar-refractivity contribution in [1.29, 1.82) is 0 Å². The highest BCUT2D eigenvalue weighted by Gasteiger charge is 2.13. The number of methoxy groups -OCH3 is 1. The minimum atomic E-state index is -0.994. The molecule has 0 heterocycles. The van der Waals surface area contributed by atoms with Crippen molar-refractivity contribution in [2.24, 2.45) is 0 Å². The van der Waals surface area contributed by atoms with Crippen LogP contribution in [0.5, 0.6) is 11.5 Å².